The molecule has 3 rings (SSSR count). The number of amidine groups is 1. The van der Waals surface area contributed by atoms with E-state index < -0.39 is 12.0 Å². The van der Waals surface area contributed by atoms with Crippen molar-refractivity contribution in [3.05, 3.63) is 59.2 Å². The van der Waals surface area contributed by atoms with Gasteiger partial charge in [0.05, 0.1) is 12.0 Å². The number of carboxylic acid groups (broad SMARTS) is 1. The number of benzene rings is 2. The van der Waals surface area contributed by atoms with Crippen LogP contribution in [0, 0.1) is 5.41 Å². The third-order valence-corrected chi connectivity index (χ3v) is 4.96. The van der Waals surface area contributed by atoms with Crippen LogP contribution in [0.25, 0.3) is 0 Å². The number of halogens is 1. The van der Waals surface area contributed by atoms with Gasteiger partial charge in [0.25, 0.3) is 0 Å². The Morgan fingerprint density at radius 3 is 2.39 bits per heavy atom. The lowest BCUT2D eigenvalue weighted by Gasteiger charge is -2.25. The molecular weight excluding hydrogens is 376 g/mol. The first-order chi connectivity index (χ1) is 13.0. The highest BCUT2D eigenvalue weighted by atomic mass is 35.5. The Morgan fingerprint density at radius 1 is 1.21 bits per heavy atom. The van der Waals surface area contributed by atoms with Gasteiger partial charge >= 0.3 is 0 Å². The Balaban J connectivity index is 0.00000280. The molecule has 150 valence electrons. The zero-order chi connectivity index (χ0) is 19.4. The predicted octanol–water partition coefficient (Wildman–Crippen LogP) is 2.46. The van der Waals surface area contributed by atoms with Gasteiger partial charge in [0.1, 0.15) is 5.84 Å². The van der Waals surface area contributed by atoms with E-state index in [0.717, 1.165) is 43.6 Å². The van der Waals surface area contributed by atoms with E-state index in [-0.39, 0.29) is 18.2 Å². The van der Waals surface area contributed by atoms with Crippen LogP contribution in [0.2, 0.25) is 0 Å². The number of aryl methyl sites for hydroxylation is 1. The van der Waals surface area contributed by atoms with Gasteiger partial charge in [-0.1, -0.05) is 13.0 Å². The normalized spacial score (nSPS) is 14.2. The van der Waals surface area contributed by atoms with Crippen molar-refractivity contribution in [1.82, 2.24) is 0 Å². The summed E-state index contributed by atoms with van der Waals surface area (Å²) in [4.78, 5) is 14.2. The number of aliphatic carboxylic acids is 1. The second-order valence-corrected chi connectivity index (χ2v) is 6.87. The second-order valence-electron chi connectivity index (χ2n) is 6.87. The average Bonchev–Trinajstić information content (AvgIpc) is 3.20. The minimum atomic E-state index is -1.17. The molecule has 0 saturated carbocycles. The Kier molecular flexibility index (Phi) is 7.29. The highest BCUT2D eigenvalue weighted by molar-refractivity contribution is 5.95. The number of nitrogens with one attached hydrogen (secondary N) is 2. The third kappa shape index (κ3) is 4.95. The molecule has 4 N–H and O–H groups in total. The van der Waals surface area contributed by atoms with Crippen LogP contribution in [0.3, 0.4) is 0 Å². The molecule has 6 nitrogen and oxygen atoms in total. The van der Waals surface area contributed by atoms with E-state index in [2.05, 4.69) is 23.2 Å². The molecule has 1 unspecified atom stereocenters. The molecule has 0 radical (unpaired) electrons. The van der Waals surface area contributed by atoms with Gasteiger partial charge in [-0.25, -0.2) is 0 Å². The molecule has 2 aromatic rings. The number of hydrogen-bond donors (Lipinski definition) is 3. The van der Waals surface area contributed by atoms with Gasteiger partial charge in [-0.05, 0) is 66.8 Å². The van der Waals surface area contributed by atoms with E-state index in [1.807, 2.05) is 12.1 Å². The molecule has 1 heterocycles. The summed E-state index contributed by atoms with van der Waals surface area (Å²) in [5.74, 6) is -1.20. The fourth-order valence-corrected chi connectivity index (χ4v) is 3.42. The molecule has 1 aliphatic rings. The molecule has 0 amide bonds. The van der Waals surface area contributed by atoms with Crippen molar-refractivity contribution < 1.29 is 9.90 Å². The molecule has 1 saturated heterocycles. The number of nitrogen functional groups attached to an aromatic ring is 1. The van der Waals surface area contributed by atoms with Crippen LogP contribution in [0.5, 0.6) is 0 Å². The maximum Gasteiger partial charge on any atom is 0.122 e. The average molecular weight is 402 g/mol. The topological polar surface area (TPSA) is 105 Å². The van der Waals surface area contributed by atoms with E-state index in [1.54, 1.807) is 24.3 Å². The van der Waals surface area contributed by atoms with Crippen molar-refractivity contribution in [2.75, 3.05) is 23.3 Å². The summed E-state index contributed by atoms with van der Waals surface area (Å²) >= 11 is 0. The van der Waals surface area contributed by atoms with Gasteiger partial charge in [0.2, 0.25) is 0 Å². The number of carboxylic acids is 1. The molecule has 1 aliphatic heterocycles. The Morgan fingerprint density at radius 2 is 1.86 bits per heavy atom. The second kappa shape index (κ2) is 9.46. The standard InChI is InChI=1S/C21H26N4O2.ClH/c1-2-14-11-16(13-18(12-14)25-9-3-4-10-25)19(21(26)27)24-17-7-5-15(6-8-17)20(22)23;/h5-8,11-13,19,24H,2-4,9-10H2,1H3,(H3,22,23)(H,26,27);1H/p-1. The SMILES string of the molecule is CCc1cc(C(Nc2ccc(C(=N)N)cc2)C(=O)[O-])cc(N2CCCC2)c1.Cl. The molecule has 0 aliphatic carbocycles. The lowest BCUT2D eigenvalue weighted by Crippen LogP contribution is -2.34. The van der Waals surface area contributed by atoms with E-state index in [1.165, 1.54) is 0 Å². The van der Waals surface area contributed by atoms with Crippen LogP contribution in [-0.2, 0) is 11.2 Å². The third-order valence-electron chi connectivity index (χ3n) is 4.96. The zero-order valence-electron chi connectivity index (χ0n) is 15.9. The maximum absolute atomic E-state index is 11.9. The Hall–Kier alpha value is -2.73. The van der Waals surface area contributed by atoms with Gasteiger partial charge in [-0.15, -0.1) is 12.4 Å². The highest BCUT2D eigenvalue weighted by Crippen LogP contribution is 2.28. The van der Waals surface area contributed by atoms with Gasteiger partial charge in [0, 0.05) is 30.0 Å². The van der Waals surface area contributed by atoms with Crippen molar-refractivity contribution in [3.8, 4) is 0 Å². The fourth-order valence-electron chi connectivity index (χ4n) is 3.42. The maximum atomic E-state index is 11.9. The van der Waals surface area contributed by atoms with E-state index in [0.29, 0.717) is 16.8 Å². The van der Waals surface area contributed by atoms with Crippen LogP contribution in [0.1, 0.15) is 42.5 Å². The van der Waals surface area contributed by atoms with Crippen LogP contribution in [0.4, 0.5) is 11.4 Å². The molecule has 2 aromatic carbocycles. The lowest BCUT2D eigenvalue weighted by atomic mass is 10.0. The van der Waals surface area contributed by atoms with Gasteiger partial charge < -0.3 is 25.9 Å². The number of hydrogen-bond acceptors (Lipinski definition) is 5. The molecule has 1 fully saturated rings. The number of rotatable bonds is 7. The van der Waals surface area contributed by atoms with Gasteiger partial charge in [-0.2, -0.15) is 0 Å². The number of carbonyl (C=O) groups excluding carboxylic acids is 1. The Bertz CT molecular complexity index is 833. The molecular formula is C21H26ClN4O2-. The zero-order valence-corrected chi connectivity index (χ0v) is 16.7. The number of anilines is 2. The number of nitrogens with two attached hydrogens (primary N) is 1. The summed E-state index contributed by atoms with van der Waals surface area (Å²) in [6.45, 7) is 4.07. The predicted molar refractivity (Wildman–Crippen MR) is 113 cm³/mol. The summed E-state index contributed by atoms with van der Waals surface area (Å²) in [7, 11) is 0. The van der Waals surface area contributed by atoms with E-state index >= 15 is 0 Å². The molecule has 0 bridgehead atoms. The van der Waals surface area contributed by atoms with Crippen LogP contribution >= 0.6 is 12.4 Å². The van der Waals surface area contributed by atoms with Crippen molar-refractivity contribution >= 4 is 35.6 Å². The number of carbonyl (C=O) groups is 1. The highest BCUT2D eigenvalue weighted by Gasteiger charge is 2.18. The molecule has 7 heteroatoms. The number of nitrogens with zero attached hydrogens (tertiary/aromatic N) is 1. The summed E-state index contributed by atoms with van der Waals surface area (Å²) < 4.78 is 0. The smallest absolute Gasteiger partial charge is 0.122 e. The van der Waals surface area contributed by atoms with Crippen LogP contribution in [-0.4, -0.2) is 24.9 Å². The summed E-state index contributed by atoms with van der Waals surface area (Å²) in [5, 5.41) is 22.4. The first-order valence-corrected chi connectivity index (χ1v) is 9.28. The summed E-state index contributed by atoms with van der Waals surface area (Å²) in [5.41, 5.74) is 9.56. The first-order valence-electron chi connectivity index (χ1n) is 9.28. The van der Waals surface area contributed by atoms with Crippen molar-refractivity contribution in [2.24, 2.45) is 5.73 Å². The van der Waals surface area contributed by atoms with E-state index in [9.17, 15) is 9.90 Å². The van der Waals surface area contributed by atoms with Crippen molar-refractivity contribution in [2.45, 2.75) is 32.2 Å². The monoisotopic (exact) mass is 401 g/mol. The molecule has 0 aromatic heterocycles. The largest absolute Gasteiger partial charge is 0.548 e. The van der Waals surface area contributed by atoms with Crippen molar-refractivity contribution in [1.29, 1.82) is 5.41 Å². The first kappa shape index (κ1) is 21.6. The van der Waals surface area contributed by atoms with Gasteiger partial charge in [0.15, 0.2) is 0 Å². The molecule has 1 atom stereocenters. The van der Waals surface area contributed by atoms with Crippen molar-refractivity contribution in [3.63, 3.8) is 0 Å². The quantitative estimate of drug-likeness (QED) is 0.488. The van der Waals surface area contributed by atoms with Crippen LogP contribution in [0.15, 0.2) is 42.5 Å². The van der Waals surface area contributed by atoms with Gasteiger partial charge in [-0.3, -0.25) is 5.41 Å². The van der Waals surface area contributed by atoms with E-state index in [4.69, 9.17) is 11.1 Å². The summed E-state index contributed by atoms with van der Waals surface area (Å²) in [6.07, 6.45) is 3.16. The Labute approximate surface area is 171 Å². The minimum Gasteiger partial charge on any atom is -0.548 e. The summed E-state index contributed by atoms with van der Waals surface area (Å²) in [6, 6.07) is 11.9. The van der Waals surface area contributed by atoms with Crippen LogP contribution < -0.4 is 21.1 Å². The minimum absolute atomic E-state index is 0. The fraction of sp³-hybridized carbons (Fsp3) is 0.333. The molecule has 0 spiro atoms. The molecule has 28 heavy (non-hydrogen) atoms. The lowest BCUT2D eigenvalue weighted by molar-refractivity contribution is -0.307.